The van der Waals surface area contributed by atoms with Crippen LogP contribution in [0.1, 0.15) is 20.3 Å². The molecule has 1 atom stereocenters. The first kappa shape index (κ1) is 14.1. The van der Waals surface area contributed by atoms with Crippen LogP contribution in [0.5, 0.6) is 17.2 Å². The molecule has 2 aromatic carbocycles. The zero-order valence-electron chi connectivity index (χ0n) is 11.7. The molecular weight excluding hydrogens is 252 g/mol. The summed E-state index contributed by atoms with van der Waals surface area (Å²) in [6.07, 6.45) is 0.267. The molecule has 0 amide bonds. The predicted octanol–water partition coefficient (Wildman–Crippen LogP) is 4.23. The zero-order chi connectivity index (χ0) is 14.4. The smallest absolute Gasteiger partial charge is 0.133 e. The number of ketones is 1. The zero-order valence-corrected chi connectivity index (χ0v) is 11.7. The third-order valence-corrected chi connectivity index (χ3v) is 2.70. The van der Waals surface area contributed by atoms with Crippen LogP contribution in [-0.2, 0) is 4.79 Å². The van der Waals surface area contributed by atoms with E-state index in [0.29, 0.717) is 17.9 Å². The van der Waals surface area contributed by atoms with Gasteiger partial charge in [-0.25, -0.2) is 0 Å². The van der Waals surface area contributed by atoms with Crippen molar-refractivity contribution in [3.63, 3.8) is 0 Å². The maximum atomic E-state index is 11.0. The van der Waals surface area contributed by atoms with Crippen LogP contribution in [0.3, 0.4) is 0 Å². The molecule has 0 aromatic heterocycles. The Labute approximate surface area is 119 Å². The number of carbonyl (C=O) groups excluding carboxylic acids is 1. The number of ether oxygens (including phenoxy) is 2. The van der Waals surface area contributed by atoms with E-state index in [9.17, 15) is 4.79 Å². The molecule has 0 spiro atoms. The minimum atomic E-state index is -0.139. The van der Waals surface area contributed by atoms with Gasteiger partial charge < -0.3 is 9.47 Å². The maximum Gasteiger partial charge on any atom is 0.133 e. The van der Waals surface area contributed by atoms with Crippen molar-refractivity contribution in [2.75, 3.05) is 0 Å². The molecule has 3 heteroatoms. The highest BCUT2D eigenvalue weighted by Gasteiger charge is 2.07. The molecule has 0 heterocycles. The second kappa shape index (κ2) is 6.75. The molecule has 0 radical (unpaired) electrons. The topological polar surface area (TPSA) is 35.5 Å². The van der Waals surface area contributed by atoms with Crippen LogP contribution in [0.2, 0.25) is 0 Å². The summed E-state index contributed by atoms with van der Waals surface area (Å²) in [4.78, 5) is 11.0. The largest absolute Gasteiger partial charge is 0.490 e. The van der Waals surface area contributed by atoms with Gasteiger partial charge in [0.2, 0.25) is 0 Å². The molecule has 3 nitrogen and oxygen atoms in total. The van der Waals surface area contributed by atoms with Gasteiger partial charge in [-0.3, -0.25) is 4.79 Å². The number of hydrogen-bond acceptors (Lipinski definition) is 3. The fraction of sp³-hybridized carbons (Fsp3) is 0.235. The summed E-state index contributed by atoms with van der Waals surface area (Å²) in [5.41, 5.74) is 0. The Kier molecular flexibility index (Phi) is 4.77. The van der Waals surface area contributed by atoms with Crippen LogP contribution in [-0.4, -0.2) is 11.9 Å². The summed E-state index contributed by atoms with van der Waals surface area (Å²) >= 11 is 0. The summed E-state index contributed by atoms with van der Waals surface area (Å²) in [6, 6.07) is 17.0. The van der Waals surface area contributed by atoms with Gasteiger partial charge in [-0.15, -0.1) is 0 Å². The standard InChI is InChI=1S/C17H18O3/c1-13(18)11-14(2)19-16-9-6-10-17(12-16)20-15-7-4-3-5-8-15/h3-10,12,14H,11H2,1-2H3. The summed E-state index contributed by atoms with van der Waals surface area (Å²) in [6.45, 7) is 3.45. The van der Waals surface area contributed by atoms with Gasteiger partial charge in [0.25, 0.3) is 0 Å². The van der Waals surface area contributed by atoms with E-state index in [1.54, 1.807) is 6.92 Å². The highest BCUT2D eigenvalue weighted by atomic mass is 16.5. The number of benzene rings is 2. The monoisotopic (exact) mass is 270 g/mol. The number of rotatable bonds is 6. The van der Waals surface area contributed by atoms with E-state index in [4.69, 9.17) is 9.47 Å². The summed E-state index contributed by atoms with van der Waals surface area (Å²) in [5.74, 6) is 2.31. The van der Waals surface area contributed by atoms with Gasteiger partial charge in [0.15, 0.2) is 0 Å². The number of Topliss-reactive ketones (excluding diaryl/α,β-unsaturated/α-hetero) is 1. The van der Waals surface area contributed by atoms with Crippen LogP contribution in [0.25, 0.3) is 0 Å². The lowest BCUT2D eigenvalue weighted by atomic mass is 10.2. The molecular formula is C17H18O3. The van der Waals surface area contributed by atoms with Gasteiger partial charge in [0.05, 0.1) is 0 Å². The quantitative estimate of drug-likeness (QED) is 0.788. The fourth-order valence-corrected chi connectivity index (χ4v) is 1.91. The number of hydrogen-bond donors (Lipinski definition) is 0. The van der Waals surface area contributed by atoms with E-state index < -0.39 is 0 Å². The van der Waals surface area contributed by atoms with Crippen LogP contribution < -0.4 is 9.47 Å². The van der Waals surface area contributed by atoms with Crippen LogP contribution >= 0.6 is 0 Å². The Balaban J connectivity index is 2.02. The van der Waals surface area contributed by atoms with E-state index in [-0.39, 0.29) is 11.9 Å². The number of para-hydroxylation sites is 1. The molecule has 0 fully saturated rings. The normalized spacial score (nSPS) is 11.7. The molecule has 0 saturated carbocycles. The van der Waals surface area contributed by atoms with Gasteiger partial charge >= 0.3 is 0 Å². The minimum absolute atomic E-state index is 0.120. The molecule has 0 N–H and O–H groups in total. The van der Waals surface area contributed by atoms with Gasteiger partial charge in [0, 0.05) is 12.5 Å². The number of carbonyl (C=O) groups is 1. The fourth-order valence-electron chi connectivity index (χ4n) is 1.91. The molecule has 2 aromatic rings. The predicted molar refractivity (Wildman–Crippen MR) is 78.3 cm³/mol. The van der Waals surface area contributed by atoms with Crippen molar-refractivity contribution >= 4 is 5.78 Å². The molecule has 0 aliphatic carbocycles. The van der Waals surface area contributed by atoms with Gasteiger partial charge in [-0.2, -0.15) is 0 Å². The summed E-state index contributed by atoms with van der Waals surface area (Å²) in [7, 11) is 0. The Morgan fingerprint density at radius 2 is 1.65 bits per heavy atom. The Bertz CT molecular complexity index is 563. The van der Waals surface area contributed by atoms with E-state index in [1.165, 1.54) is 0 Å². The molecule has 1 unspecified atom stereocenters. The molecule has 104 valence electrons. The lowest BCUT2D eigenvalue weighted by Crippen LogP contribution is -2.15. The first-order valence-corrected chi connectivity index (χ1v) is 6.62. The third-order valence-electron chi connectivity index (χ3n) is 2.70. The molecule has 0 saturated heterocycles. The van der Waals surface area contributed by atoms with Crippen molar-refractivity contribution in [3.05, 3.63) is 54.6 Å². The minimum Gasteiger partial charge on any atom is -0.490 e. The highest BCUT2D eigenvalue weighted by Crippen LogP contribution is 2.25. The lowest BCUT2D eigenvalue weighted by molar-refractivity contribution is -0.118. The third kappa shape index (κ3) is 4.43. The molecule has 0 aliphatic rings. The second-order valence-corrected chi connectivity index (χ2v) is 4.72. The van der Waals surface area contributed by atoms with E-state index in [0.717, 1.165) is 5.75 Å². The molecule has 20 heavy (non-hydrogen) atoms. The van der Waals surface area contributed by atoms with Gasteiger partial charge in [0.1, 0.15) is 29.1 Å². The van der Waals surface area contributed by atoms with Crippen molar-refractivity contribution in [2.45, 2.75) is 26.4 Å². The van der Waals surface area contributed by atoms with Crippen molar-refractivity contribution in [3.8, 4) is 17.2 Å². The molecule has 0 bridgehead atoms. The Hall–Kier alpha value is -2.29. The van der Waals surface area contributed by atoms with Crippen LogP contribution in [0, 0.1) is 0 Å². The van der Waals surface area contributed by atoms with Crippen molar-refractivity contribution in [2.24, 2.45) is 0 Å². The second-order valence-electron chi connectivity index (χ2n) is 4.72. The van der Waals surface area contributed by atoms with Crippen molar-refractivity contribution < 1.29 is 14.3 Å². The Morgan fingerprint density at radius 1 is 1.00 bits per heavy atom. The molecule has 2 rings (SSSR count). The van der Waals surface area contributed by atoms with E-state index in [1.807, 2.05) is 61.5 Å². The SMILES string of the molecule is CC(=O)CC(C)Oc1cccc(Oc2ccccc2)c1. The van der Waals surface area contributed by atoms with Gasteiger partial charge in [-0.1, -0.05) is 24.3 Å². The van der Waals surface area contributed by atoms with Crippen molar-refractivity contribution in [1.82, 2.24) is 0 Å². The molecule has 0 aliphatic heterocycles. The van der Waals surface area contributed by atoms with Gasteiger partial charge in [-0.05, 0) is 38.1 Å². The average Bonchev–Trinajstić information content (AvgIpc) is 2.39. The first-order valence-electron chi connectivity index (χ1n) is 6.62. The van der Waals surface area contributed by atoms with E-state index >= 15 is 0 Å². The maximum absolute atomic E-state index is 11.0. The van der Waals surface area contributed by atoms with Crippen LogP contribution in [0.4, 0.5) is 0 Å². The first-order chi connectivity index (χ1) is 9.63. The van der Waals surface area contributed by atoms with Crippen molar-refractivity contribution in [1.29, 1.82) is 0 Å². The highest BCUT2D eigenvalue weighted by molar-refractivity contribution is 5.75. The summed E-state index contributed by atoms with van der Waals surface area (Å²) in [5, 5.41) is 0. The van der Waals surface area contributed by atoms with E-state index in [2.05, 4.69) is 0 Å². The lowest BCUT2D eigenvalue weighted by Gasteiger charge is -2.14. The Morgan fingerprint density at radius 3 is 2.35 bits per heavy atom. The average molecular weight is 270 g/mol. The summed E-state index contributed by atoms with van der Waals surface area (Å²) < 4.78 is 11.4. The van der Waals surface area contributed by atoms with Crippen LogP contribution in [0.15, 0.2) is 54.6 Å².